The molecule has 0 spiro atoms. The van der Waals surface area contributed by atoms with Crippen LogP contribution in [0, 0.1) is 12.3 Å². The Morgan fingerprint density at radius 3 is 2.25 bits per heavy atom. The molecule has 18 heteroatoms. The number of aliphatic hydroxyl groups is 1. The van der Waals surface area contributed by atoms with Gasteiger partial charge >= 0.3 is 0 Å². The first kappa shape index (κ1) is 46.9. The number of carbonyl (C=O) groups is 3. The van der Waals surface area contributed by atoms with Crippen molar-refractivity contribution in [1.82, 2.24) is 39.8 Å². The minimum absolute atomic E-state index is 0.00535. The topological polar surface area (TPSA) is 185 Å². The molecule has 2 saturated heterocycles. The summed E-state index contributed by atoms with van der Waals surface area (Å²) in [4.78, 5) is 61.2. The minimum Gasteiger partial charge on any atom is -0.391 e. The third kappa shape index (κ3) is 12.4. The summed E-state index contributed by atoms with van der Waals surface area (Å²) in [5, 5.41) is 16.3. The van der Waals surface area contributed by atoms with Gasteiger partial charge in [0.25, 0.3) is 0 Å². The van der Waals surface area contributed by atoms with Gasteiger partial charge in [-0.2, -0.15) is 4.98 Å². The first-order valence-corrected chi connectivity index (χ1v) is 22.9. The van der Waals surface area contributed by atoms with Gasteiger partial charge in [-0.05, 0) is 41.7 Å². The van der Waals surface area contributed by atoms with E-state index in [-0.39, 0.29) is 45.2 Å². The molecule has 1 unspecified atom stereocenters. The van der Waals surface area contributed by atoms with E-state index in [4.69, 9.17) is 23.9 Å². The van der Waals surface area contributed by atoms with Crippen molar-refractivity contribution in [2.75, 3.05) is 97.0 Å². The van der Waals surface area contributed by atoms with Crippen molar-refractivity contribution in [2.24, 2.45) is 5.41 Å². The fourth-order valence-electron chi connectivity index (χ4n) is 7.92. The van der Waals surface area contributed by atoms with E-state index in [2.05, 4.69) is 42.5 Å². The number of para-hydroxylation sites is 2. The molecule has 5 heterocycles. The number of hydrogen-bond donors (Lipinski definition) is 3. The molecule has 7 rings (SSSR count). The van der Waals surface area contributed by atoms with Gasteiger partial charge in [-0.15, -0.1) is 11.3 Å². The molecule has 2 aliphatic rings. The van der Waals surface area contributed by atoms with Crippen molar-refractivity contribution in [2.45, 2.75) is 58.8 Å². The highest BCUT2D eigenvalue weighted by molar-refractivity contribution is 7.13. The molecule has 2 fully saturated rings. The number of imidazole rings is 1. The van der Waals surface area contributed by atoms with Crippen molar-refractivity contribution in [3.8, 4) is 10.4 Å². The lowest BCUT2D eigenvalue weighted by molar-refractivity contribution is -0.144. The maximum Gasteiger partial charge on any atom is 0.246 e. The number of benzene rings is 2. The summed E-state index contributed by atoms with van der Waals surface area (Å²) in [7, 11) is 0. The SMILES string of the molecule is Cc1ncsc1-c1ccc(CNC(=O)[C@@H]2C[C@@H](O)CN2C(=O)C(NC(=O)COCCOCCOCCOCCN2CCN(c3ccn4c(n3)nc3ccccc34)CC2)C(C)(C)C)cc1. The number of β-amino-alcohol motifs (C(OH)–C–C–N with tert-alkyl or cyclic N) is 1. The smallest absolute Gasteiger partial charge is 0.246 e. The Kier molecular flexibility index (Phi) is 16.3. The number of thiazole rings is 1. The number of anilines is 1. The van der Waals surface area contributed by atoms with Crippen molar-refractivity contribution in [3.63, 3.8) is 0 Å². The molecular weight excluding hydrogens is 839 g/mol. The summed E-state index contributed by atoms with van der Waals surface area (Å²) in [6, 6.07) is 16.2. The van der Waals surface area contributed by atoms with Crippen LogP contribution in [0.25, 0.3) is 27.3 Å². The first-order valence-electron chi connectivity index (χ1n) is 22.0. The largest absolute Gasteiger partial charge is 0.391 e. The number of aryl methyl sites for hydroxylation is 1. The van der Waals surface area contributed by atoms with Gasteiger partial charge in [0, 0.05) is 58.4 Å². The van der Waals surface area contributed by atoms with Gasteiger partial charge in [-0.25, -0.2) is 9.97 Å². The van der Waals surface area contributed by atoms with Crippen LogP contribution in [0.3, 0.4) is 0 Å². The number of amides is 3. The van der Waals surface area contributed by atoms with E-state index in [9.17, 15) is 19.5 Å². The Morgan fingerprint density at radius 2 is 1.56 bits per heavy atom. The van der Waals surface area contributed by atoms with E-state index < -0.39 is 35.4 Å². The highest BCUT2D eigenvalue weighted by Crippen LogP contribution is 2.28. The van der Waals surface area contributed by atoms with Crippen LogP contribution in [0.1, 0.15) is 38.4 Å². The van der Waals surface area contributed by atoms with Crippen LogP contribution in [0.2, 0.25) is 0 Å². The van der Waals surface area contributed by atoms with Crippen LogP contribution >= 0.6 is 11.3 Å². The number of nitrogens with one attached hydrogen (secondary N) is 2. The third-order valence-corrected chi connectivity index (χ3v) is 12.5. The molecule has 2 aromatic carbocycles. The number of fused-ring (bicyclic) bond motifs is 3. The van der Waals surface area contributed by atoms with Crippen LogP contribution in [-0.4, -0.2) is 162 Å². The van der Waals surface area contributed by atoms with Crippen LogP contribution in [-0.2, 0) is 39.9 Å². The maximum atomic E-state index is 13.9. The van der Waals surface area contributed by atoms with Crippen molar-refractivity contribution in [1.29, 1.82) is 0 Å². The van der Waals surface area contributed by atoms with E-state index in [1.165, 1.54) is 4.90 Å². The average molecular weight is 900 g/mol. The standard InChI is InChI=1S/C46H61N9O8S/c1-32-41(64-31-48-32)34-11-9-33(10-12-34)28-47-43(58)38-27-35(56)29-55(38)44(59)42(46(2,3)4)51-40(57)30-63-26-25-62-24-23-61-22-21-60-20-19-52-15-17-53(18-16-52)39-13-14-54-37-8-6-5-7-36(37)49-45(54)50-39/h5-14,31,35,38,42,56H,15-30H2,1-4H3,(H,47,58)(H,51,57)/t35-,38+,42?/m1/s1. The average Bonchev–Trinajstić information content (AvgIpc) is 4.02. The number of nitrogens with zero attached hydrogens (tertiary/aromatic N) is 7. The Labute approximate surface area is 378 Å². The van der Waals surface area contributed by atoms with E-state index in [0.717, 1.165) is 77.1 Å². The van der Waals surface area contributed by atoms with Gasteiger partial charge in [0.15, 0.2) is 0 Å². The first-order chi connectivity index (χ1) is 30.9. The zero-order valence-electron chi connectivity index (χ0n) is 37.2. The molecule has 0 saturated carbocycles. The number of carbonyl (C=O) groups excluding carboxylic acids is 3. The third-order valence-electron chi connectivity index (χ3n) is 11.5. The summed E-state index contributed by atoms with van der Waals surface area (Å²) in [5.41, 5.74) is 6.06. The predicted molar refractivity (Wildman–Crippen MR) is 244 cm³/mol. The summed E-state index contributed by atoms with van der Waals surface area (Å²) in [6.45, 7) is 14.8. The molecule has 0 aliphatic carbocycles. The number of ether oxygens (including phenoxy) is 4. The van der Waals surface area contributed by atoms with Crippen molar-refractivity contribution in [3.05, 3.63) is 77.6 Å². The van der Waals surface area contributed by atoms with Crippen LogP contribution < -0.4 is 15.5 Å². The van der Waals surface area contributed by atoms with E-state index >= 15 is 0 Å². The van der Waals surface area contributed by atoms with Gasteiger partial charge in [0.2, 0.25) is 23.5 Å². The molecular formula is C46H61N9O8S. The fourth-order valence-corrected chi connectivity index (χ4v) is 8.73. The maximum absolute atomic E-state index is 13.9. The zero-order valence-corrected chi connectivity index (χ0v) is 38.1. The highest BCUT2D eigenvalue weighted by atomic mass is 32.1. The Balaban J connectivity index is 0.716. The molecule has 0 bridgehead atoms. The van der Waals surface area contributed by atoms with Crippen LogP contribution in [0.15, 0.2) is 66.3 Å². The molecule has 0 radical (unpaired) electrons. The van der Waals surface area contributed by atoms with E-state index in [1.54, 1.807) is 11.3 Å². The lowest BCUT2D eigenvalue weighted by Crippen LogP contribution is -2.58. The van der Waals surface area contributed by atoms with E-state index in [1.807, 2.05) is 86.3 Å². The minimum atomic E-state index is -0.949. The molecule has 344 valence electrons. The Morgan fingerprint density at radius 1 is 0.875 bits per heavy atom. The molecule has 2 aliphatic heterocycles. The Hall–Kier alpha value is -5.08. The molecule has 64 heavy (non-hydrogen) atoms. The summed E-state index contributed by atoms with van der Waals surface area (Å²) in [6.07, 6.45) is 1.30. The van der Waals surface area contributed by atoms with Crippen LogP contribution in [0.5, 0.6) is 0 Å². The normalized spacial score (nSPS) is 17.6. The molecule has 3 N–H and O–H groups in total. The number of likely N-dealkylation sites (tertiary alicyclic amines) is 1. The van der Waals surface area contributed by atoms with Gasteiger partial charge < -0.3 is 44.5 Å². The number of rotatable bonds is 21. The quantitative estimate of drug-likeness (QED) is 0.0913. The lowest BCUT2D eigenvalue weighted by atomic mass is 9.85. The predicted octanol–water partition coefficient (Wildman–Crippen LogP) is 3.31. The highest BCUT2D eigenvalue weighted by Gasteiger charge is 2.44. The molecule has 3 atom stereocenters. The van der Waals surface area contributed by atoms with Gasteiger partial charge in [-0.3, -0.25) is 23.7 Å². The fraction of sp³-hybridized carbons (Fsp3) is 0.522. The second-order valence-corrected chi connectivity index (χ2v) is 18.1. The number of hydrogen-bond acceptors (Lipinski definition) is 14. The van der Waals surface area contributed by atoms with Gasteiger partial charge in [0.1, 0.15) is 24.5 Å². The summed E-state index contributed by atoms with van der Waals surface area (Å²) < 4.78 is 24.6. The van der Waals surface area contributed by atoms with Crippen molar-refractivity contribution < 1.29 is 38.4 Å². The lowest BCUT2D eigenvalue weighted by Gasteiger charge is -2.35. The second-order valence-electron chi connectivity index (χ2n) is 17.2. The zero-order chi connectivity index (χ0) is 45.1. The van der Waals surface area contributed by atoms with Crippen molar-refractivity contribution >= 4 is 51.7 Å². The van der Waals surface area contributed by atoms with Gasteiger partial charge in [0.05, 0.1) is 79.5 Å². The van der Waals surface area contributed by atoms with E-state index in [0.29, 0.717) is 33.0 Å². The Bertz CT molecular complexity index is 2310. The summed E-state index contributed by atoms with van der Waals surface area (Å²) in [5.74, 6) is 0.407. The number of aliphatic hydroxyl groups excluding tert-OH is 1. The monoisotopic (exact) mass is 899 g/mol. The number of aromatic nitrogens is 4. The molecule has 17 nitrogen and oxygen atoms in total. The van der Waals surface area contributed by atoms with Gasteiger partial charge in [-0.1, -0.05) is 57.2 Å². The second kappa shape index (κ2) is 22.2. The molecule has 5 aromatic rings. The summed E-state index contributed by atoms with van der Waals surface area (Å²) >= 11 is 1.58. The number of piperazine rings is 1. The molecule has 3 aromatic heterocycles. The molecule has 3 amide bonds. The van der Waals surface area contributed by atoms with Crippen LogP contribution in [0.4, 0.5) is 5.82 Å².